The molecule has 1 aromatic carbocycles. The topological polar surface area (TPSA) is 64.9 Å². The maximum absolute atomic E-state index is 6.07. The molecular weight excluding hydrogens is 238 g/mol. The van der Waals surface area contributed by atoms with E-state index in [4.69, 9.17) is 10.3 Å². The van der Waals surface area contributed by atoms with E-state index in [-0.39, 0.29) is 6.04 Å². The maximum atomic E-state index is 6.07. The molecule has 0 aliphatic carbocycles. The lowest BCUT2D eigenvalue weighted by Gasteiger charge is -2.12. The summed E-state index contributed by atoms with van der Waals surface area (Å²) in [5, 5.41) is 4.00. The minimum absolute atomic E-state index is 0.164. The summed E-state index contributed by atoms with van der Waals surface area (Å²) >= 11 is 0. The van der Waals surface area contributed by atoms with Gasteiger partial charge in [-0.1, -0.05) is 55.8 Å². The van der Waals surface area contributed by atoms with E-state index in [2.05, 4.69) is 36.1 Å². The molecule has 19 heavy (non-hydrogen) atoms. The molecule has 0 bridgehead atoms. The number of aromatic nitrogens is 2. The molecule has 0 saturated heterocycles. The first-order chi connectivity index (χ1) is 9.20. The van der Waals surface area contributed by atoms with Crippen molar-refractivity contribution in [3.05, 3.63) is 47.6 Å². The molecule has 0 fully saturated rings. The molecular formula is C15H21N3O. The Balaban J connectivity index is 1.94. The summed E-state index contributed by atoms with van der Waals surface area (Å²) in [7, 11) is 0. The minimum Gasteiger partial charge on any atom is -0.338 e. The van der Waals surface area contributed by atoms with Crippen LogP contribution in [0.5, 0.6) is 0 Å². The van der Waals surface area contributed by atoms with Crippen molar-refractivity contribution < 1.29 is 4.52 Å². The zero-order valence-corrected chi connectivity index (χ0v) is 11.5. The van der Waals surface area contributed by atoms with Crippen molar-refractivity contribution in [3.8, 4) is 0 Å². The van der Waals surface area contributed by atoms with Gasteiger partial charge in [0.1, 0.15) is 0 Å². The molecule has 2 unspecified atom stereocenters. The molecule has 0 aliphatic rings. The smallest absolute Gasteiger partial charge is 0.243 e. The average molecular weight is 259 g/mol. The highest BCUT2D eigenvalue weighted by atomic mass is 16.5. The first kappa shape index (κ1) is 13.7. The van der Waals surface area contributed by atoms with Crippen LogP contribution in [-0.2, 0) is 12.8 Å². The molecule has 102 valence electrons. The molecule has 1 aromatic heterocycles. The molecule has 0 spiro atoms. The van der Waals surface area contributed by atoms with Gasteiger partial charge in [-0.3, -0.25) is 0 Å². The molecule has 4 heteroatoms. The SMILES string of the molecule is CCC(C)C(N)c1nc(CCc2ccccc2)no1. The summed E-state index contributed by atoms with van der Waals surface area (Å²) in [5.74, 6) is 1.64. The molecule has 2 atom stereocenters. The standard InChI is InChI=1S/C15H21N3O/c1-3-11(2)14(16)15-17-13(18-19-15)10-9-12-7-5-4-6-8-12/h4-8,11,14H,3,9-10,16H2,1-2H3. The van der Waals surface area contributed by atoms with Crippen molar-refractivity contribution in [1.29, 1.82) is 0 Å². The third kappa shape index (κ3) is 3.64. The van der Waals surface area contributed by atoms with Gasteiger partial charge in [-0.2, -0.15) is 4.98 Å². The van der Waals surface area contributed by atoms with Crippen molar-refractivity contribution in [3.63, 3.8) is 0 Å². The Morgan fingerprint density at radius 2 is 1.95 bits per heavy atom. The lowest BCUT2D eigenvalue weighted by molar-refractivity contribution is 0.310. The largest absolute Gasteiger partial charge is 0.338 e. The first-order valence-corrected chi connectivity index (χ1v) is 6.82. The Morgan fingerprint density at radius 1 is 1.21 bits per heavy atom. The monoisotopic (exact) mass is 259 g/mol. The lowest BCUT2D eigenvalue weighted by atomic mass is 10.0. The van der Waals surface area contributed by atoms with Crippen molar-refractivity contribution in [2.45, 2.75) is 39.2 Å². The molecule has 2 aromatic rings. The summed E-state index contributed by atoms with van der Waals surface area (Å²) in [6.07, 6.45) is 2.70. The summed E-state index contributed by atoms with van der Waals surface area (Å²) in [6, 6.07) is 10.1. The third-order valence-corrected chi connectivity index (χ3v) is 3.51. The van der Waals surface area contributed by atoms with Crippen LogP contribution in [0, 0.1) is 5.92 Å². The highest BCUT2D eigenvalue weighted by Crippen LogP contribution is 2.20. The maximum Gasteiger partial charge on any atom is 0.243 e. The van der Waals surface area contributed by atoms with Gasteiger partial charge in [0.05, 0.1) is 6.04 Å². The molecule has 1 heterocycles. The highest BCUT2D eigenvalue weighted by molar-refractivity contribution is 5.15. The van der Waals surface area contributed by atoms with Gasteiger partial charge < -0.3 is 10.3 Å². The number of rotatable bonds is 6. The van der Waals surface area contributed by atoms with Gasteiger partial charge >= 0.3 is 0 Å². The van der Waals surface area contributed by atoms with E-state index in [0.717, 1.165) is 25.1 Å². The fourth-order valence-electron chi connectivity index (χ4n) is 1.90. The number of benzene rings is 1. The molecule has 2 rings (SSSR count). The molecule has 4 nitrogen and oxygen atoms in total. The van der Waals surface area contributed by atoms with Gasteiger partial charge in [0.25, 0.3) is 0 Å². The quantitative estimate of drug-likeness (QED) is 0.866. The number of hydrogen-bond donors (Lipinski definition) is 1. The fourth-order valence-corrected chi connectivity index (χ4v) is 1.90. The Kier molecular flexibility index (Phi) is 4.68. The number of aryl methyl sites for hydroxylation is 2. The second-order valence-corrected chi connectivity index (χ2v) is 4.95. The summed E-state index contributed by atoms with van der Waals surface area (Å²) < 4.78 is 5.25. The van der Waals surface area contributed by atoms with E-state index in [1.165, 1.54) is 5.56 Å². The van der Waals surface area contributed by atoms with Crippen LogP contribution >= 0.6 is 0 Å². The van der Waals surface area contributed by atoms with Crippen LogP contribution in [0.3, 0.4) is 0 Å². The fraction of sp³-hybridized carbons (Fsp3) is 0.467. The van der Waals surface area contributed by atoms with Gasteiger partial charge in [-0.15, -0.1) is 0 Å². The van der Waals surface area contributed by atoms with Crippen LogP contribution in [0.1, 0.15) is 43.6 Å². The van der Waals surface area contributed by atoms with Gasteiger partial charge in [0.2, 0.25) is 5.89 Å². The summed E-state index contributed by atoms with van der Waals surface area (Å²) in [4.78, 5) is 4.39. The van der Waals surface area contributed by atoms with Crippen LogP contribution in [0.2, 0.25) is 0 Å². The average Bonchev–Trinajstić information content (AvgIpc) is 2.93. The van der Waals surface area contributed by atoms with Crippen LogP contribution in [0.4, 0.5) is 0 Å². The van der Waals surface area contributed by atoms with Gasteiger partial charge in [0.15, 0.2) is 5.82 Å². The summed E-state index contributed by atoms with van der Waals surface area (Å²) in [6.45, 7) is 4.20. The second-order valence-electron chi connectivity index (χ2n) is 4.95. The third-order valence-electron chi connectivity index (χ3n) is 3.51. The van der Waals surface area contributed by atoms with Crippen molar-refractivity contribution in [2.75, 3.05) is 0 Å². The van der Waals surface area contributed by atoms with E-state index < -0.39 is 0 Å². The normalized spacial score (nSPS) is 14.3. The Morgan fingerprint density at radius 3 is 2.63 bits per heavy atom. The molecule has 0 radical (unpaired) electrons. The second kappa shape index (κ2) is 6.48. The molecule has 0 aliphatic heterocycles. The van der Waals surface area contributed by atoms with Crippen LogP contribution in [0.15, 0.2) is 34.9 Å². The van der Waals surface area contributed by atoms with E-state index in [1.54, 1.807) is 0 Å². The Bertz CT molecular complexity index is 495. The Labute approximate surface area is 114 Å². The number of nitrogens with zero attached hydrogens (tertiary/aromatic N) is 2. The van der Waals surface area contributed by atoms with Gasteiger partial charge in [0, 0.05) is 6.42 Å². The van der Waals surface area contributed by atoms with Crippen molar-refractivity contribution in [2.24, 2.45) is 11.7 Å². The van der Waals surface area contributed by atoms with Crippen molar-refractivity contribution in [1.82, 2.24) is 10.1 Å². The van der Waals surface area contributed by atoms with E-state index in [0.29, 0.717) is 11.8 Å². The minimum atomic E-state index is -0.164. The number of hydrogen-bond acceptors (Lipinski definition) is 4. The molecule has 0 saturated carbocycles. The summed E-state index contributed by atoms with van der Waals surface area (Å²) in [5.41, 5.74) is 7.35. The van der Waals surface area contributed by atoms with Crippen LogP contribution < -0.4 is 5.73 Å². The zero-order valence-electron chi connectivity index (χ0n) is 11.5. The van der Waals surface area contributed by atoms with Crippen LogP contribution in [-0.4, -0.2) is 10.1 Å². The zero-order chi connectivity index (χ0) is 13.7. The lowest BCUT2D eigenvalue weighted by Crippen LogP contribution is -2.18. The first-order valence-electron chi connectivity index (χ1n) is 6.82. The van der Waals surface area contributed by atoms with Crippen LogP contribution in [0.25, 0.3) is 0 Å². The van der Waals surface area contributed by atoms with E-state index >= 15 is 0 Å². The predicted molar refractivity (Wildman–Crippen MR) is 74.5 cm³/mol. The van der Waals surface area contributed by atoms with E-state index in [1.807, 2.05) is 18.2 Å². The van der Waals surface area contributed by atoms with Gasteiger partial charge in [-0.25, -0.2) is 0 Å². The van der Waals surface area contributed by atoms with Gasteiger partial charge in [-0.05, 0) is 17.9 Å². The number of nitrogens with two attached hydrogens (primary N) is 1. The molecule has 0 amide bonds. The molecule has 2 N–H and O–H groups in total. The van der Waals surface area contributed by atoms with E-state index in [9.17, 15) is 0 Å². The Hall–Kier alpha value is -1.68. The predicted octanol–water partition coefficient (Wildman–Crippen LogP) is 2.90. The highest BCUT2D eigenvalue weighted by Gasteiger charge is 2.19. The van der Waals surface area contributed by atoms with Crippen molar-refractivity contribution >= 4 is 0 Å².